The number of hydrogen-bond acceptors (Lipinski definition) is 9. The first kappa shape index (κ1) is 23.4. The van der Waals surface area contributed by atoms with Crippen molar-refractivity contribution >= 4 is 7.32 Å². The summed E-state index contributed by atoms with van der Waals surface area (Å²) in [5.74, 6) is -1.30. The molecule has 10 heteroatoms. The lowest BCUT2D eigenvalue weighted by Gasteiger charge is -2.27. The van der Waals surface area contributed by atoms with E-state index in [1.165, 1.54) is 0 Å². The largest absolute Gasteiger partial charge is 0.640 e. The molecule has 3 aliphatic heterocycles. The van der Waals surface area contributed by atoms with Crippen molar-refractivity contribution in [1.82, 2.24) is 9.80 Å². The lowest BCUT2D eigenvalue weighted by atomic mass is 10.0. The van der Waals surface area contributed by atoms with Crippen molar-refractivity contribution < 1.29 is 32.9 Å². The van der Waals surface area contributed by atoms with E-state index in [2.05, 4.69) is 9.80 Å². The Bertz CT molecular complexity index is 505. The van der Waals surface area contributed by atoms with E-state index < -0.39 is 18.9 Å². The first-order chi connectivity index (χ1) is 13.4. The van der Waals surface area contributed by atoms with Gasteiger partial charge in [-0.2, -0.15) is 0 Å². The van der Waals surface area contributed by atoms with Gasteiger partial charge in [0.25, 0.3) is 0 Å². The van der Waals surface area contributed by atoms with Crippen LogP contribution in [0.5, 0.6) is 0 Å². The molecule has 3 saturated heterocycles. The molecular weight excluding hydrogens is 379 g/mol. The van der Waals surface area contributed by atoms with E-state index >= 15 is 0 Å². The molecule has 0 radical (unpaired) electrons. The van der Waals surface area contributed by atoms with E-state index in [-0.39, 0.29) is 30.5 Å². The Balaban J connectivity index is 1.70. The van der Waals surface area contributed by atoms with Gasteiger partial charge in [-0.25, -0.2) is 0 Å². The van der Waals surface area contributed by atoms with E-state index in [1.807, 2.05) is 55.9 Å². The monoisotopic (exact) mass is 416 g/mol. The lowest BCUT2D eigenvalue weighted by molar-refractivity contribution is -0.165. The molecule has 9 nitrogen and oxygen atoms in total. The van der Waals surface area contributed by atoms with Crippen LogP contribution in [0.4, 0.5) is 0 Å². The van der Waals surface area contributed by atoms with Crippen molar-refractivity contribution in [3.8, 4) is 0 Å². The normalized spacial score (nSPS) is 34.2. The summed E-state index contributed by atoms with van der Waals surface area (Å²) in [6, 6.07) is 0. The fourth-order valence-corrected chi connectivity index (χ4v) is 3.98. The molecule has 0 saturated carbocycles. The van der Waals surface area contributed by atoms with Crippen LogP contribution in [-0.4, -0.2) is 114 Å². The molecule has 0 aromatic heterocycles. The van der Waals surface area contributed by atoms with Crippen LogP contribution in [0.3, 0.4) is 0 Å². The highest BCUT2D eigenvalue weighted by Crippen LogP contribution is 2.36. The molecule has 2 unspecified atom stereocenters. The Morgan fingerprint density at radius 3 is 1.55 bits per heavy atom. The van der Waals surface area contributed by atoms with Crippen LogP contribution in [0, 0.1) is 0 Å². The third-order valence-corrected chi connectivity index (χ3v) is 5.10. The number of hydrogen-bond donors (Lipinski definition) is 0. The van der Waals surface area contributed by atoms with Crippen molar-refractivity contribution in [2.24, 2.45) is 0 Å². The molecule has 3 rings (SSSR count). The van der Waals surface area contributed by atoms with Gasteiger partial charge < -0.3 is 42.7 Å². The van der Waals surface area contributed by atoms with Gasteiger partial charge in [0.2, 0.25) is 0 Å². The van der Waals surface area contributed by atoms with Gasteiger partial charge in [0.15, 0.2) is 11.6 Å². The van der Waals surface area contributed by atoms with Gasteiger partial charge in [0.05, 0.1) is 19.3 Å². The van der Waals surface area contributed by atoms with Crippen LogP contribution in [0.25, 0.3) is 0 Å². The van der Waals surface area contributed by atoms with Crippen LogP contribution < -0.4 is 0 Å². The minimum atomic E-state index is -0.797. The first-order valence-electron chi connectivity index (χ1n) is 10.3. The minimum Gasteiger partial charge on any atom is -0.380 e. The number of likely N-dealkylation sites (N-methyl/N-ethyl adjacent to an activating group) is 2. The highest BCUT2D eigenvalue weighted by atomic mass is 16.8. The average molecular weight is 416 g/mol. The molecule has 3 aliphatic rings. The minimum absolute atomic E-state index is 0.0706. The molecule has 4 atom stereocenters. The van der Waals surface area contributed by atoms with Gasteiger partial charge in [0, 0.05) is 13.1 Å². The molecule has 29 heavy (non-hydrogen) atoms. The topological polar surface area (TPSA) is 71.1 Å². The van der Waals surface area contributed by atoms with Crippen molar-refractivity contribution in [2.75, 3.05) is 54.5 Å². The first-order valence-corrected chi connectivity index (χ1v) is 10.3. The third-order valence-electron chi connectivity index (χ3n) is 5.10. The second kappa shape index (κ2) is 9.06. The summed E-state index contributed by atoms with van der Waals surface area (Å²) < 4.78 is 42.2. The molecule has 0 spiro atoms. The predicted octanol–water partition coefficient (Wildman–Crippen LogP) is 0.567. The molecule has 0 bridgehead atoms. The van der Waals surface area contributed by atoms with Crippen molar-refractivity contribution in [2.45, 2.75) is 69.8 Å². The molecule has 0 N–H and O–H groups in total. The molecule has 168 valence electrons. The quantitative estimate of drug-likeness (QED) is 0.528. The molecule has 0 aromatic carbocycles. The zero-order valence-corrected chi connectivity index (χ0v) is 19.0. The Kier molecular flexibility index (Phi) is 7.30. The van der Waals surface area contributed by atoms with Gasteiger partial charge in [0.1, 0.15) is 24.4 Å². The number of ether oxygens (including phenoxy) is 4. The second-order valence-corrected chi connectivity index (χ2v) is 9.51. The Morgan fingerprint density at radius 1 is 0.828 bits per heavy atom. The van der Waals surface area contributed by atoms with Gasteiger partial charge >= 0.3 is 7.32 Å². The van der Waals surface area contributed by atoms with Crippen molar-refractivity contribution in [3.05, 3.63) is 0 Å². The van der Waals surface area contributed by atoms with E-state index in [4.69, 9.17) is 32.9 Å². The van der Waals surface area contributed by atoms with Crippen LogP contribution in [0.2, 0.25) is 0 Å². The lowest BCUT2D eigenvalue weighted by Crippen LogP contribution is -2.45. The molecule has 0 aliphatic carbocycles. The van der Waals surface area contributed by atoms with Gasteiger partial charge in [-0.3, -0.25) is 0 Å². The molecular formula is C19H37BN2O7. The summed E-state index contributed by atoms with van der Waals surface area (Å²) in [5, 5.41) is 0. The van der Waals surface area contributed by atoms with Crippen LogP contribution in [-0.2, 0) is 32.9 Å². The molecule has 0 aromatic rings. The van der Waals surface area contributed by atoms with Crippen molar-refractivity contribution in [1.29, 1.82) is 0 Å². The maximum absolute atomic E-state index is 6.20. The Hall–Kier alpha value is -0.295. The second-order valence-electron chi connectivity index (χ2n) is 9.51. The number of nitrogens with zero attached hydrogens (tertiary/aromatic N) is 2. The fourth-order valence-electron chi connectivity index (χ4n) is 3.98. The summed E-state index contributed by atoms with van der Waals surface area (Å²) in [6.45, 7) is 9.96. The van der Waals surface area contributed by atoms with E-state index in [1.54, 1.807) is 0 Å². The summed E-state index contributed by atoms with van der Waals surface area (Å²) in [5.41, 5.74) is 0. The SMILES string of the molecule is CN(C)CC(CN(C)C)OB1OC([C@H]2COC(C)(C)O2)C([C@H]2COC(C)(C)O2)O1. The predicted molar refractivity (Wildman–Crippen MR) is 107 cm³/mol. The van der Waals surface area contributed by atoms with Crippen molar-refractivity contribution in [3.63, 3.8) is 0 Å². The third kappa shape index (κ3) is 6.35. The average Bonchev–Trinajstić information content (AvgIpc) is 3.22. The zero-order valence-electron chi connectivity index (χ0n) is 19.0. The summed E-state index contributed by atoms with van der Waals surface area (Å²) in [4.78, 5) is 4.18. The summed E-state index contributed by atoms with van der Waals surface area (Å²) in [6.07, 6.45) is -1.35. The maximum Gasteiger partial charge on any atom is 0.640 e. The van der Waals surface area contributed by atoms with Crippen LogP contribution in [0.1, 0.15) is 27.7 Å². The van der Waals surface area contributed by atoms with E-state index in [0.29, 0.717) is 13.2 Å². The van der Waals surface area contributed by atoms with Gasteiger partial charge in [-0.05, 0) is 55.9 Å². The number of rotatable bonds is 8. The molecule has 0 amide bonds. The highest BCUT2D eigenvalue weighted by Gasteiger charge is 2.55. The van der Waals surface area contributed by atoms with E-state index in [0.717, 1.165) is 13.1 Å². The smallest absolute Gasteiger partial charge is 0.380 e. The fraction of sp³-hybridized carbons (Fsp3) is 1.00. The molecule has 3 heterocycles. The standard InChI is InChI=1S/C19H37BN2O7/c1-18(2)23-11-14(25-18)16-17(15-12-24-19(3,4)26-15)29-20(28-16)27-13(9-21(5)6)10-22(7)8/h13-17H,9-12H2,1-8H3/t14-,15-,16?,17?/m1/s1. The van der Waals surface area contributed by atoms with E-state index in [9.17, 15) is 0 Å². The van der Waals surface area contributed by atoms with Gasteiger partial charge in [-0.1, -0.05) is 0 Å². The maximum atomic E-state index is 6.20. The van der Waals surface area contributed by atoms with Crippen LogP contribution >= 0.6 is 0 Å². The summed E-state index contributed by atoms with van der Waals surface area (Å²) >= 11 is 0. The highest BCUT2D eigenvalue weighted by molar-refractivity contribution is 6.37. The Morgan fingerprint density at radius 2 is 1.24 bits per heavy atom. The Labute approximate surface area is 175 Å². The summed E-state index contributed by atoms with van der Waals surface area (Å²) in [7, 11) is 7.28. The molecule has 3 fully saturated rings. The van der Waals surface area contributed by atoms with Gasteiger partial charge in [-0.15, -0.1) is 0 Å². The van der Waals surface area contributed by atoms with Crippen LogP contribution in [0.15, 0.2) is 0 Å². The zero-order chi connectivity index (χ0) is 21.4.